The van der Waals surface area contributed by atoms with Crippen molar-refractivity contribution in [3.63, 3.8) is 0 Å². The fourth-order valence-corrected chi connectivity index (χ4v) is 2.65. The number of hydrogen-bond acceptors (Lipinski definition) is 1. The molecule has 0 atom stereocenters. The van der Waals surface area contributed by atoms with E-state index in [1.165, 1.54) is 25.0 Å². The molecular weight excluding hydrogens is 188 g/mol. The second-order valence-electron chi connectivity index (χ2n) is 4.69. The van der Waals surface area contributed by atoms with E-state index in [2.05, 4.69) is 39.2 Å². The van der Waals surface area contributed by atoms with Gasteiger partial charge in [0.15, 0.2) is 0 Å². The zero-order chi connectivity index (χ0) is 10.6. The van der Waals surface area contributed by atoms with Crippen LogP contribution in [0, 0.1) is 5.41 Å². The molecule has 0 saturated carbocycles. The number of rotatable bonds is 3. The van der Waals surface area contributed by atoms with E-state index in [4.69, 9.17) is 0 Å². The summed E-state index contributed by atoms with van der Waals surface area (Å²) in [7, 11) is 0. The minimum absolute atomic E-state index is 0.396. The SMILES string of the molecule is CCSC=CC1=C(C)CCCC1(C)C. The highest BCUT2D eigenvalue weighted by molar-refractivity contribution is 8.02. The van der Waals surface area contributed by atoms with Gasteiger partial charge in [-0.25, -0.2) is 0 Å². The molecule has 80 valence electrons. The third-order valence-corrected chi connectivity index (χ3v) is 3.70. The summed E-state index contributed by atoms with van der Waals surface area (Å²) < 4.78 is 0. The molecule has 0 saturated heterocycles. The van der Waals surface area contributed by atoms with Crippen molar-refractivity contribution in [2.75, 3.05) is 5.75 Å². The molecule has 0 unspecified atom stereocenters. The van der Waals surface area contributed by atoms with Crippen LogP contribution in [-0.4, -0.2) is 5.75 Å². The standard InChI is InChI=1S/C13H22S/c1-5-14-10-8-12-11(2)7-6-9-13(12,3)4/h8,10H,5-7,9H2,1-4H3. The molecule has 1 rings (SSSR count). The first kappa shape index (κ1) is 11.9. The zero-order valence-corrected chi connectivity index (χ0v) is 10.7. The van der Waals surface area contributed by atoms with Gasteiger partial charge in [0, 0.05) is 0 Å². The van der Waals surface area contributed by atoms with E-state index in [1.807, 2.05) is 11.8 Å². The van der Waals surface area contributed by atoms with E-state index in [0.29, 0.717) is 5.41 Å². The van der Waals surface area contributed by atoms with E-state index in [0.717, 1.165) is 0 Å². The van der Waals surface area contributed by atoms with Gasteiger partial charge in [0.05, 0.1) is 0 Å². The Bertz CT molecular complexity index is 246. The molecule has 0 fully saturated rings. The number of allylic oxidation sites excluding steroid dienone is 3. The van der Waals surface area contributed by atoms with E-state index in [-0.39, 0.29) is 0 Å². The smallest absolute Gasteiger partial charge is 0.00544 e. The molecule has 14 heavy (non-hydrogen) atoms. The fourth-order valence-electron chi connectivity index (χ4n) is 2.22. The van der Waals surface area contributed by atoms with E-state index in [1.54, 1.807) is 11.1 Å². The Morgan fingerprint density at radius 3 is 2.71 bits per heavy atom. The lowest BCUT2D eigenvalue weighted by Crippen LogP contribution is -2.18. The summed E-state index contributed by atoms with van der Waals surface area (Å²) in [5.74, 6) is 1.17. The predicted molar refractivity (Wildman–Crippen MR) is 67.6 cm³/mol. The van der Waals surface area contributed by atoms with Crippen LogP contribution < -0.4 is 0 Å². The van der Waals surface area contributed by atoms with Crippen LogP contribution in [0.25, 0.3) is 0 Å². The van der Waals surface area contributed by atoms with Gasteiger partial charge in [0.1, 0.15) is 0 Å². The third kappa shape index (κ3) is 2.91. The van der Waals surface area contributed by atoms with Crippen molar-refractivity contribution in [3.8, 4) is 0 Å². The van der Waals surface area contributed by atoms with Crippen LogP contribution in [0.4, 0.5) is 0 Å². The van der Waals surface area contributed by atoms with Gasteiger partial charge >= 0.3 is 0 Å². The molecule has 1 aliphatic rings. The van der Waals surface area contributed by atoms with Crippen LogP contribution in [0.15, 0.2) is 22.6 Å². The van der Waals surface area contributed by atoms with E-state index >= 15 is 0 Å². The summed E-state index contributed by atoms with van der Waals surface area (Å²) in [6.45, 7) is 9.22. The lowest BCUT2D eigenvalue weighted by atomic mass is 9.73. The Kier molecular flexibility index (Phi) is 4.31. The van der Waals surface area contributed by atoms with Crippen LogP contribution in [-0.2, 0) is 0 Å². The van der Waals surface area contributed by atoms with E-state index in [9.17, 15) is 0 Å². The summed E-state index contributed by atoms with van der Waals surface area (Å²) in [6.07, 6.45) is 6.32. The summed E-state index contributed by atoms with van der Waals surface area (Å²) >= 11 is 1.89. The van der Waals surface area contributed by atoms with Gasteiger partial charge in [0.25, 0.3) is 0 Å². The number of hydrogen-bond donors (Lipinski definition) is 0. The molecule has 0 nitrogen and oxygen atoms in total. The average Bonchev–Trinajstić information content (AvgIpc) is 2.09. The Hall–Kier alpha value is -0.170. The molecule has 0 heterocycles. The molecule has 0 aromatic heterocycles. The van der Waals surface area contributed by atoms with Crippen molar-refractivity contribution in [2.45, 2.75) is 47.0 Å². The lowest BCUT2D eigenvalue weighted by molar-refractivity contribution is 0.377. The summed E-state index contributed by atoms with van der Waals surface area (Å²) in [6, 6.07) is 0. The number of thioether (sulfide) groups is 1. The highest BCUT2D eigenvalue weighted by atomic mass is 32.2. The summed E-state index contributed by atoms with van der Waals surface area (Å²) in [5.41, 5.74) is 3.56. The minimum atomic E-state index is 0.396. The highest BCUT2D eigenvalue weighted by Crippen LogP contribution is 2.40. The van der Waals surface area contributed by atoms with Gasteiger partial charge in [-0.15, -0.1) is 11.8 Å². The Morgan fingerprint density at radius 1 is 1.43 bits per heavy atom. The maximum Gasteiger partial charge on any atom is -0.00544 e. The van der Waals surface area contributed by atoms with Crippen molar-refractivity contribution in [3.05, 3.63) is 22.6 Å². The lowest BCUT2D eigenvalue weighted by Gasteiger charge is -2.32. The van der Waals surface area contributed by atoms with Gasteiger partial charge < -0.3 is 0 Å². The maximum absolute atomic E-state index is 2.37. The van der Waals surface area contributed by atoms with Crippen LogP contribution in [0.3, 0.4) is 0 Å². The van der Waals surface area contributed by atoms with Crippen LogP contribution in [0.5, 0.6) is 0 Å². The Morgan fingerprint density at radius 2 is 2.14 bits per heavy atom. The van der Waals surface area contributed by atoms with Crippen molar-refractivity contribution in [2.24, 2.45) is 5.41 Å². The molecule has 0 radical (unpaired) electrons. The van der Waals surface area contributed by atoms with Gasteiger partial charge in [-0.05, 0) is 48.3 Å². The van der Waals surface area contributed by atoms with Crippen molar-refractivity contribution >= 4 is 11.8 Å². The van der Waals surface area contributed by atoms with E-state index < -0.39 is 0 Å². The molecule has 0 aliphatic heterocycles. The average molecular weight is 210 g/mol. The fraction of sp³-hybridized carbons (Fsp3) is 0.692. The van der Waals surface area contributed by atoms with Crippen LogP contribution in [0.2, 0.25) is 0 Å². The van der Waals surface area contributed by atoms with Gasteiger partial charge in [-0.2, -0.15) is 0 Å². The zero-order valence-electron chi connectivity index (χ0n) is 9.89. The molecule has 0 N–H and O–H groups in total. The molecule has 0 aromatic rings. The first-order valence-electron chi connectivity index (χ1n) is 5.56. The van der Waals surface area contributed by atoms with Gasteiger partial charge in [-0.1, -0.05) is 32.4 Å². The summed E-state index contributed by atoms with van der Waals surface area (Å²) in [4.78, 5) is 0. The maximum atomic E-state index is 2.37. The first-order chi connectivity index (χ1) is 6.58. The van der Waals surface area contributed by atoms with Gasteiger partial charge in [-0.3, -0.25) is 0 Å². The second-order valence-corrected chi connectivity index (χ2v) is 5.87. The van der Waals surface area contributed by atoms with Crippen LogP contribution >= 0.6 is 11.8 Å². The Balaban J connectivity index is 2.80. The third-order valence-electron chi connectivity index (χ3n) is 3.04. The molecule has 0 amide bonds. The van der Waals surface area contributed by atoms with Gasteiger partial charge in [0.2, 0.25) is 0 Å². The van der Waals surface area contributed by atoms with Crippen molar-refractivity contribution in [1.82, 2.24) is 0 Å². The predicted octanol–water partition coefficient (Wildman–Crippen LogP) is 4.78. The monoisotopic (exact) mass is 210 g/mol. The van der Waals surface area contributed by atoms with Crippen LogP contribution in [0.1, 0.15) is 47.0 Å². The normalized spacial score (nSPS) is 22.0. The largest absolute Gasteiger partial charge is 0.134 e. The highest BCUT2D eigenvalue weighted by Gasteiger charge is 2.26. The minimum Gasteiger partial charge on any atom is -0.134 e. The van der Waals surface area contributed by atoms with Crippen molar-refractivity contribution < 1.29 is 0 Å². The van der Waals surface area contributed by atoms with Crippen molar-refractivity contribution in [1.29, 1.82) is 0 Å². The molecule has 1 heteroatoms. The summed E-state index contributed by atoms with van der Waals surface area (Å²) in [5, 5.41) is 2.26. The molecule has 0 bridgehead atoms. The first-order valence-corrected chi connectivity index (χ1v) is 6.61. The Labute approximate surface area is 92.9 Å². The second kappa shape index (κ2) is 5.06. The molecular formula is C13H22S. The molecule has 0 aromatic carbocycles. The quantitative estimate of drug-likeness (QED) is 0.646. The molecule has 1 aliphatic carbocycles. The topological polar surface area (TPSA) is 0 Å². The molecule has 0 spiro atoms.